The van der Waals surface area contributed by atoms with Gasteiger partial charge < -0.3 is 9.72 Å². The van der Waals surface area contributed by atoms with Crippen LogP contribution in [0, 0.1) is 11.3 Å². The maximum Gasteiger partial charge on any atom is 0.124 e. The quantitative estimate of drug-likeness (QED) is 0.737. The van der Waals surface area contributed by atoms with Crippen LogP contribution in [0.25, 0.3) is 11.4 Å². The number of nitrogens with zero attached hydrogens (tertiary/aromatic N) is 6. The van der Waals surface area contributed by atoms with Gasteiger partial charge in [-0.05, 0) is 31.0 Å². The molecule has 1 saturated heterocycles. The first-order valence-corrected chi connectivity index (χ1v) is 10.0. The van der Waals surface area contributed by atoms with E-state index < -0.39 is 0 Å². The Kier molecular flexibility index (Phi) is 4.42. The monoisotopic (exact) mass is 389 g/mol. The molecule has 3 aromatic heterocycles. The van der Waals surface area contributed by atoms with E-state index >= 15 is 0 Å². The van der Waals surface area contributed by atoms with Crippen molar-refractivity contribution in [1.29, 1.82) is 5.26 Å². The molecule has 0 amide bonds. The summed E-state index contributed by atoms with van der Waals surface area (Å²) >= 11 is 0. The van der Waals surface area contributed by atoms with Crippen LogP contribution < -0.4 is 0 Å². The molecule has 8 heteroatoms. The van der Waals surface area contributed by atoms with E-state index in [9.17, 15) is 5.26 Å². The average Bonchev–Trinajstić information content (AvgIpc) is 3.50. The summed E-state index contributed by atoms with van der Waals surface area (Å²) in [5.41, 5.74) is 2.59. The summed E-state index contributed by atoms with van der Waals surface area (Å²) in [6.45, 7) is 5.26. The van der Waals surface area contributed by atoms with Crippen LogP contribution in [-0.2, 0) is 16.9 Å². The Morgan fingerprint density at radius 2 is 2.28 bits per heavy atom. The van der Waals surface area contributed by atoms with Gasteiger partial charge in [0.1, 0.15) is 28.9 Å². The summed E-state index contributed by atoms with van der Waals surface area (Å²) in [5, 5.41) is 14.2. The SMILES string of the molecule is CCC(c1ncc[nH]1)N1CC[C@]2(C1)OCCn1nc(-c3ncccc3C#N)cc12. The van der Waals surface area contributed by atoms with Crippen molar-refractivity contribution in [2.45, 2.75) is 38.0 Å². The third kappa shape index (κ3) is 2.94. The van der Waals surface area contributed by atoms with Gasteiger partial charge in [0.15, 0.2) is 0 Å². The summed E-state index contributed by atoms with van der Waals surface area (Å²) < 4.78 is 8.42. The van der Waals surface area contributed by atoms with E-state index in [1.165, 1.54) is 0 Å². The van der Waals surface area contributed by atoms with Crippen molar-refractivity contribution < 1.29 is 4.74 Å². The highest BCUT2D eigenvalue weighted by Crippen LogP contribution is 2.42. The highest BCUT2D eigenvalue weighted by molar-refractivity contribution is 5.63. The maximum absolute atomic E-state index is 9.44. The van der Waals surface area contributed by atoms with Crippen molar-refractivity contribution in [2.24, 2.45) is 0 Å². The van der Waals surface area contributed by atoms with Crippen LogP contribution in [0.15, 0.2) is 36.8 Å². The Hall–Kier alpha value is -3.02. The van der Waals surface area contributed by atoms with Crippen molar-refractivity contribution in [3.05, 3.63) is 53.9 Å². The number of imidazole rings is 1. The van der Waals surface area contributed by atoms with Gasteiger partial charge in [0.2, 0.25) is 0 Å². The minimum absolute atomic E-state index is 0.242. The van der Waals surface area contributed by atoms with Crippen LogP contribution in [0.2, 0.25) is 0 Å². The molecule has 3 aromatic rings. The topological polar surface area (TPSA) is 95.7 Å². The fourth-order valence-corrected chi connectivity index (χ4v) is 4.66. The van der Waals surface area contributed by atoms with Gasteiger partial charge in [-0.15, -0.1) is 0 Å². The predicted molar refractivity (Wildman–Crippen MR) is 106 cm³/mol. The lowest BCUT2D eigenvalue weighted by Gasteiger charge is -2.35. The molecule has 29 heavy (non-hydrogen) atoms. The summed E-state index contributed by atoms with van der Waals surface area (Å²) in [5.74, 6) is 1.00. The molecule has 0 aliphatic carbocycles. The molecular weight excluding hydrogens is 366 g/mol. The molecule has 5 rings (SSSR count). The zero-order valence-corrected chi connectivity index (χ0v) is 16.4. The number of likely N-dealkylation sites (tertiary alicyclic amines) is 1. The van der Waals surface area contributed by atoms with Gasteiger partial charge in [-0.2, -0.15) is 10.4 Å². The fraction of sp³-hybridized carbons (Fsp3) is 0.429. The number of nitrogens with one attached hydrogen (secondary N) is 1. The van der Waals surface area contributed by atoms with Gasteiger partial charge in [-0.1, -0.05) is 6.92 Å². The summed E-state index contributed by atoms with van der Waals surface area (Å²) in [7, 11) is 0. The highest BCUT2D eigenvalue weighted by Gasteiger charge is 2.47. The van der Waals surface area contributed by atoms with Crippen LogP contribution in [-0.4, -0.2) is 49.3 Å². The molecule has 1 unspecified atom stereocenters. The first kappa shape index (κ1) is 18.0. The van der Waals surface area contributed by atoms with E-state index in [2.05, 4.69) is 38.9 Å². The number of hydrogen-bond acceptors (Lipinski definition) is 6. The van der Waals surface area contributed by atoms with Crippen LogP contribution >= 0.6 is 0 Å². The Balaban J connectivity index is 1.49. The molecule has 0 aromatic carbocycles. The zero-order valence-electron chi connectivity index (χ0n) is 16.4. The number of fused-ring (bicyclic) bond motifs is 2. The van der Waals surface area contributed by atoms with Gasteiger partial charge >= 0.3 is 0 Å². The van der Waals surface area contributed by atoms with E-state index in [0.29, 0.717) is 24.4 Å². The molecule has 2 aliphatic rings. The molecule has 2 atom stereocenters. The number of aromatic nitrogens is 5. The lowest BCUT2D eigenvalue weighted by atomic mass is 9.96. The Morgan fingerprint density at radius 1 is 1.34 bits per heavy atom. The van der Waals surface area contributed by atoms with Crippen molar-refractivity contribution >= 4 is 0 Å². The van der Waals surface area contributed by atoms with E-state index in [4.69, 9.17) is 9.84 Å². The molecule has 148 valence electrons. The molecular formula is C21H23N7O. The van der Waals surface area contributed by atoms with Crippen molar-refractivity contribution in [3.8, 4) is 17.5 Å². The largest absolute Gasteiger partial charge is 0.365 e. The first-order valence-electron chi connectivity index (χ1n) is 10.0. The zero-order chi connectivity index (χ0) is 19.8. The summed E-state index contributed by atoms with van der Waals surface area (Å²) in [4.78, 5) is 14.6. The second-order valence-corrected chi connectivity index (χ2v) is 7.61. The standard InChI is InChI=1S/C21H23N7O/c1-2-17(20-24-7-8-25-20)27-9-5-21(14-27)18-12-16(26-28(18)10-11-29-21)19-15(13-22)4-3-6-23-19/h3-4,6-8,12,17H,2,5,9-11,14H2,1H3,(H,24,25)/t17?,21-/m1/s1. The summed E-state index contributed by atoms with van der Waals surface area (Å²) in [6.07, 6.45) is 7.27. The van der Waals surface area contributed by atoms with Gasteiger partial charge in [0.05, 0.1) is 30.5 Å². The van der Waals surface area contributed by atoms with Crippen LogP contribution in [0.4, 0.5) is 0 Å². The number of H-pyrrole nitrogens is 1. The Morgan fingerprint density at radius 3 is 3.07 bits per heavy atom. The van der Waals surface area contributed by atoms with Crippen LogP contribution in [0.5, 0.6) is 0 Å². The predicted octanol–water partition coefficient (Wildman–Crippen LogP) is 2.62. The van der Waals surface area contributed by atoms with Crippen LogP contribution in [0.3, 0.4) is 0 Å². The molecule has 0 radical (unpaired) electrons. The van der Waals surface area contributed by atoms with Gasteiger partial charge in [0.25, 0.3) is 0 Å². The second-order valence-electron chi connectivity index (χ2n) is 7.61. The van der Waals surface area contributed by atoms with Gasteiger partial charge in [-0.3, -0.25) is 14.6 Å². The normalized spacial score (nSPS) is 22.5. The molecule has 0 saturated carbocycles. The lowest BCUT2D eigenvalue weighted by molar-refractivity contribution is -0.0742. The Labute approximate surface area is 169 Å². The average molecular weight is 389 g/mol. The van der Waals surface area contributed by atoms with Gasteiger partial charge in [0, 0.05) is 31.7 Å². The lowest BCUT2D eigenvalue weighted by Crippen LogP contribution is -2.41. The smallest absolute Gasteiger partial charge is 0.124 e. The van der Waals surface area contributed by atoms with E-state index in [0.717, 1.165) is 43.1 Å². The van der Waals surface area contributed by atoms with Crippen LogP contribution in [0.1, 0.15) is 42.9 Å². The number of nitriles is 1. The molecule has 8 nitrogen and oxygen atoms in total. The fourth-order valence-electron chi connectivity index (χ4n) is 4.66. The molecule has 5 heterocycles. The number of rotatable bonds is 4. The third-order valence-corrected chi connectivity index (χ3v) is 6.02. The van der Waals surface area contributed by atoms with E-state index in [1.807, 2.05) is 17.1 Å². The molecule has 0 bridgehead atoms. The third-order valence-electron chi connectivity index (χ3n) is 6.02. The van der Waals surface area contributed by atoms with Crippen molar-refractivity contribution in [1.82, 2.24) is 29.6 Å². The highest BCUT2D eigenvalue weighted by atomic mass is 16.5. The number of aromatic amines is 1. The molecule has 2 aliphatic heterocycles. The van der Waals surface area contributed by atoms with Gasteiger partial charge in [-0.25, -0.2) is 4.98 Å². The van der Waals surface area contributed by atoms with Crippen molar-refractivity contribution in [3.63, 3.8) is 0 Å². The number of pyridine rings is 1. The number of hydrogen-bond donors (Lipinski definition) is 1. The molecule has 1 fully saturated rings. The number of ether oxygens (including phenoxy) is 1. The van der Waals surface area contributed by atoms with Crippen molar-refractivity contribution in [2.75, 3.05) is 19.7 Å². The minimum atomic E-state index is -0.384. The molecule has 1 N–H and O–H groups in total. The molecule has 1 spiro atoms. The minimum Gasteiger partial charge on any atom is -0.365 e. The van der Waals surface area contributed by atoms with E-state index in [-0.39, 0.29) is 11.6 Å². The first-order chi connectivity index (χ1) is 14.2. The van der Waals surface area contributed by atoms with E-state index in [1.54, 1.807) is 18.3 Å². The maximum atomic E-state index is 9.44. The second kappa shape index (κ2) is 7.10. The summed E-state index contributed by atoms with van der Waals surface area (Å²) in [6, 6.07) is 8.07. The Bertz CT molecular complexity index is 1050.